The number of benzene rings is 1. The van der Waals surface area contributed by atoms with Gasteiger partial charge in [-0.3, -0.25) is 4.79 Å². The second kappa shape index (κ2) is 7.52. The molecule has 0 amide bonds. The van der Waals surface area contributed by atoms with Crippen molar-refractivity contribution in [3.63, 3.8) is 0 Å². The van der Waals surface area contributed by atoms with Gasteiger partial charge >= 0.3 is 5.97 Å². The quantitative estimate of drug-likeness (QED) is 0.317. The van der Waals surface area contributed by atoms with Gasteiger partial charge in [-0.2, -0.15) is 0 Å². The molecule has 1 saturated carbocycles. The number of esters is 1. The Morgan fingerprint density at radius 2 is 2.14 bits per heavy atom. The molecule has 0 spiro atoms. The third-order valence-electron chi connectivity index (χ3n) is 3.78. The number of carbonyl (C=O) groups is 1. The van der Waals surface area contributed by atoms with Crippen molar-refractivity contribution in [2.45, 2.75) is 29.9 Å². The molecule has 6 heteroatoms. The SMILES string of the molecule is CCC1CC1(SC(=[NH2+])c1ccccc1)C(Cl)C(=O)OC.[Cl-]. The van der Waals surface area contributed by atoms with Crippen LogP contribution in [0.2, 0.25) is 0 Å². The van der Waals surface area contributed by atoms with Crippen molar-refractivity contribution in [1.29, 1.82) is 0 Å². The number of nitrogens with two attached hydrogens (primary N) is 1. The van der Waals surface area contributed by atoms with Crippen molar-refractivity contribution < 1.29 is 27.3 Å². The van der Waals surface area contributed by atoms with E-state index in [0.29, 0.717) is 11.0 Å². The Labute approximate surface area is 140 Å². The van der Waals surface area contributed by atoms with Gasteiger partial charge in [0, 0.05) is 0 Å². The van der Waals surface area contributed by atoms with E-state index in [1.807, 2.05) is 30.3 Å². The molecule has 3 nitrogen and oxygen atoms in total. The van der Waals surface area contributed by atoms with Crippen LogP contribution in [0.15, 0.2) is 30.3 Å². The van der Waals surface area contributed by atoms with Gasteiger partial charge in [0.1, 0.15) is 5.38 Å². The van der Waals surface area contributed by atoms with Crippen LogP contribution in [0.4, 0.5) is 0 Å². The highest BCUT2D eigenvalue weighted by molar-refractivity contribution is 8.15. The Morgan fingerprint density at radius 3 is 2.62 bits per heavy atom. The number of thioether (sulfide) groups is 1. The lowest BCUT2D eigenvalue weighted by atomic mass is 10.2. The predicted molar refractivity (Wildman–Crippen MR) is 82.9 cm³/mol. The average molecular weight is 348 g/mol. The molecule has 1 aromatic rings. The largest absolute Gasteiger partial charge is 1.00 e. The summed E-state index contributed by atoms with van der Waals surface area (Å²) in [6.45, 7) is 2.10. The minimum atomic E-state index is -0.662. The van der Waals surface area contributed by atoms with Gasteiger partial charge in [0.25, 0.3) is 0 Å². The minimum Gasteiger partial charge on any atom is -1.00 e. The zero-order valence-electron chi connectivity index (χ0n) is 12.0. The molecule has 1 aromatic carbocycles. The molecule has 3 unspecified atom stereocenters. The zero-order chi connectivity index (χ0) is 14.8. The molecule has 0 radical (unpaired) electrons. The van der Waals surface area contributed by atoms with Crippen LogP contribution < -0.4 is 17.8 Å². The summed E-state index contributed by atoms with van der Waals surface area (Å²) in [4.78, 5) is 11.8. The molecule has 0 aliphatic heterocycles. The molecule has 0 saturated heterocycles. The second-order valence-electron chi connectivity index (χ2n) is 4.98. The Bertz CT molecular complexity index is 512. The fourth-order valence-electron chi connectivity index (χ4n) is 2.47. The fourth-order valence-corrected chi connectivity index (χ4v) is 4.44. The van der Waals surface area contributed by atoms with Gasteiger partial charge in [0.15, 0.2) is 0 Å². The highest BCUT2D eigenvalue weighted by Gasteiger charge is 2.62. The second-order valence-corrected chi connectivity index (χ2v) is 6.82. The first kappa shape index (κ1) is 18.3. The standard InChI is InChI=1S/C15H18ClNO2S.ClH/c1-3-11-9-15(11,12(16)14(18)19-2)20-13(17)10-7-5-4-6-8-10;/h4-8,11-12,17H,3,9H2,1-2H3;1H. The van der Waals surface area contributed by atoms with E-state index in [1.54, 1.807) is 0 Å². The van der Waals surface area contributed by atoms with Gasteiger partial charge in [-0.25, -0.2) is 5.41 Å². The summed E-state index contributed by atoms with van der Waals surface area (Å²) in [5.41, 5.74) is 0.965. The maximum Gasteiger partial charge on any atom is 0.325 e. The molecule has 2 N–H and O–H groups in total. The molecule has 1 aliphatic rings. The average Bonchev–Trinajstić information content (AvgIpc) is 3.20. The molecule has 2 rings (SSSR count). The molecular formula is C15H19Cl2NO2S. The fraction of sp³-hybridized carbons (Fsp3) is 0.467. The Balaban J connectivity index is 0.00000220. The van der Waals surface area contributed by atoms with Crippen molar-refractivity contribution in [2.24, 2.45) is 5.92 Å². The van der Waals surface area contributed by atoms with E-state index < -0.39 is 5.38 Å². The lowest BCUT2D eigenvalue weighted by Gasteiger charge is -2.19. The van der Waals surface area contributed by atoms with E-state index in [4.69, 9.17) is 21.7 Å². The van der Waals surface area contributed by atoms with Crippen molar-refractivity contribution in [3.8, 4) is 0 Å². The zero-order valence-corrected chi connectivity index (χ0v) is 14.3. The van der Waals surface area contributed by atoms with Crippen LogP contribution in [0.1, 0.15) is 25.3 Å². The third kappa shape index (κ3) is 3.74. The summed E-state index contributed by atoms with van der Waals surface area (Å²) in [7, 11) is 1.36. The lowest BCUT2D eigenvalue weighted by Crippen LogP contribution is -3.00. The number of halogens is 2. The van der Waals surface area contributed by atoms with Crippen molar-refractivity contribution >= 4 is 34.4 Å². The summed E-state index contributed by atoms with van der Waals surface area (Å²) in [6.07, 6.45) is 1.88. The maximum atomic E-state index is 11.8. The molecule has 0 bridgehead atoms. The number of ether oxygens (including phenoxy) is 1. The minimum absolute atomic E-state index is 0. The summed E-state index contributed by atoms with van der Waals surface area (Å²) in [5, 5.41) is 6.23. The number of hydrogen-bond donors (Lipinski definition) is 1. The smallest absolute Gasteiger partial charge is 0.325 e. The number of hydrogen-bond acceptors (Lipinski definition) is 3. The first-order chi connectivity index (χ1) is 9.55. The van der Waals surface area contributed by atoms with Crippen LogP contribution in [0.5, 0.6) is 0 Å². The van der Waals surface area contributed by atoms with Crippen LogP contribution in [0.25, 0.3) is 0 Å². The Morgan fingerprint density at radius 1 is 1.52 bits per heavy atom. The molecular weight excluding hydrogens is 329 g/mol. The van der Waals surface area contributed by atoms with E-state index >= 15 is 0 Å². The highest BCUT2D eigenvalue weighted by atomic mass is 35.5. The number of alkyl halides is 1. The molecule has 1 fully saturated rings. The molecule has 116 valence electrons. The first-order valence-corrected chi connectivity index (χ1v) is 7.89. The van der Waals surface area contributed by atoms with Crippen molar-refractivity contribution in [3.05, 3.63) is 35.9 Å². The van der Waals surface area contributed by atoms with Gasteiger partial charge < -0.3 is 17.1 Å². The number of methoxy groups -OCH3 is 1. The Kier molecular flexibility index (Phi) is 6.57. The lowest BCUT2D eigenvalue weighted by molar-refractivity contribution is -0.140. The summed E-state index contributed by atoms with van der Waals surface area (Å²) >= 11 is 7.84. The van der Waals surface area contributed by atoms with Gasteiger partial charge in [0.2, 0.25) is 5.04 Å². The number of rotatable bonds is 5. The normalized spacial score (nSPS) is 24.6. The van der Waals surface area contributed by atoms with Crippen molar-refractivity contribution in [1.82, 2.24) is 0 Å². The van der Waals surface area contributed by atoms with Gasteiger partial charge in [-0.15, -0.1) is 11.6 Å². The topological polar surface area (TPSA) is 51.9 Å². The maximum absolute atomic E-state index is 11.8. The summed E-state index contributed by atoms with van der Waals surface area (Å²) in [5.74, 6) is 0.0207. The van der Waals surface area contributed by atoms with E-state index in [0.717, 1.165) is 18.4 Å². The van der Waals surface area contributed by atoms with E-state index in [-0.39, 0.29) is 23.1 Å². The van der Waals surface area contributed by atoms with E-state index in [9.17, 15) is 4.79 Å². The molecule has 21 heavy (non-hydrogen) atoms. The number of carbonyl (C=O) groups excluding carboxylic acids is 1. The van der Waals surface area contributed by atoms with Crippen LogP contribution in [0.3, 0.4) is 0 Å². The van der Waals surface area contributed by atoms with Gasteiger partial charge in [-0.1, -0.05) is 31.5 Å². The summed E-state index contributed by atoms with van der Waals surface area (Å²) in [6, 6.07) is 9.75. The third-order valence-corrected chi connectivity index (χ3v) is 6.05. The van der Waals surface area contributed by atoms with Gasteiger partial charge in [-0.05, 0) is 36.2 Å². The van der Waals surface area contributed by atoms with Crippen LogP contribution >= 0.6 is 23.4 Å². The highest BCUT2D eigenvalue weighted by Crippen LogP contribution is 2.60. The van der Waals surface area contributed by atoms with Crippen LogP contribution in [-0.4, -0.2) is 28.2 Å². The summed E-state index contributed by atoms with van der Waals surface area (Å²) < 4.78 is 4.45. The molecule has 1 aliphatic carbocycles. The first-order valence-electron chi connectivity index (χ1n) is 6.64. The predicted octanol–water partition coefficient (Wildman–Crippen LogP) is -1.12. The molecule has 3 atom stereocenters. The Hall–Kier alpha value is -0.710. The van der Waals surface area contributed by atoms with E-state index in [2.05, 4.69) is 6.92 Å². The van der Waals surface area contributed by atoms with Crippen LogP contribution in [-0.2, 0) is 9.53 Å². The molecule has 0 heterocycles. The van der Waals surface area contributed by atoms with Gasteiger partial charge in [0.05, 0.1) is 17.4 Å². The van der Waals surface area contributed by atoms with Crippen molar-refractivity contribution in [2.75, 3.05) is 7.11 Å². The van der Waals surface area contributed by atoms with Crippen LogP contribution in [0, 0.1) is 5.92 Å². The van der Waals surface area contributed by atoms with E-state index in [1.165, 1.54) is 18.9 Å². The molecule has 0 aromatic heterocycles. The monoisotopic (exact) mass is 347 g/mol.